The molecule has 1 heterocycles. The molecule has 0 saturated heterocycles. The summed E-state index contributed by atoms with van der Waals surface area (Å²) >= 11 is 0. The molecule has 0 atom stereocenters. The smallest absolute Gasteiger partial charge is 0.311 e. The summed E-state index contributed by atoms with van der Waals surface area (Å²) in [5.41, 5.74) is 5.99. The first-order valence-electron chi connectivity index (χ1n) is 6.65. The van der Waals surface area contributed by atoms with Gasteiger partial charge >= 0.3 is 5.69 Å². The Hall–Kier alpha value is -2.18. The molecule has 1 saturated carbocycles. The molecular weight excluding hydrogens is 260 g/mol. The van der Waals surface area contributed by atoms with E-state index in [0.29, 0.717) is 18.7 Å². The molecule has 20 heavy (non-hydrogen) atoms. The van der Waals surface area contributed by atoms with Crippen LogP contribution in [-0.4, -0.2) is 21.9 Å². The number of nitrogens with two attached hydrogens (primary N) is 1. The van der Waals surface area contributed by atoms with Gasteiger partial charge in [-0.1, -0.05) is 0 Å². The second kappa shape index (κ2) is 5.85. The highest BCUT2D eigenvalue weighted by Crippen LogP contribution is 2.29. The molecular formula is C13H18N4O3. The Morgan fingerprint density at radius 1 is 1.40 bits per heavy atom. The number of hydrogen-bond acceptors (Lipinski definition) is 5. The average molecular weight is 278 g/mol. The zero-order valence-corrected chi connectivity index (χ0v) is 11.3. The van der Waals surface area contributed by atoms with Crippen LogP contribution >= 0.6 is 0 Å². The lowest BCUT2D eigenvalue weighted by Crippen LogP contribution is -2.32. The summed E-state index contributed by atoms with van der Waals surface area (Å²) in [6, 6.07) is 3.17. The van der Waals surface area contributed by atoms with Crippen molar-refractivity contribution in [2.45, 2.75) is 38.6 Å². The number of hydrogen-bond donors (Lipinski definition) is 2. The molecule has 0 radical (unpaired) electrons. The molecule has 1 aromatic heterocycles. The molecule has 0 aromatic carbocycles. The van der Waals surface area contributed by atoms with Crippen molar-refractivity contribution in [3.05, 3.63) is 27.9 Å². The van der Waals surface area contributed by atoms with E-state index in [4.69, 9.17) is 5.73 Å². The Labute approximate surface area is 116 Å². The third-order valence-electron chi connectivity index (χ3n) is 3.68. The van der Waals surface area contributed by atoms with Gasteiger partial charge in [0, 0.05) is 23.7 Å². The van der Waals surface area contributed by atoms with E-state index in [1.807, 2.05) is 0 Å². The van der Waals surface area contributed by atoms with Gasteiger partial charge in [0.25, 0.3) is 0 Å². The maximum absolute atomic E-state index is 11.1. The first-order valence-corrected chi connectivity index (χ1v) is 6.65. The lowest BCUT2D eigenvalue weighted by Gasteiger charge is -2.27. The van der Waals surface area contributed by atoms with Crippen LogP contribution in [0.25, 0.3) is 0 Å². The average Bonchev–Trinajstić information content (AvgIpc) is 2.39. The minimum atomic E-state index is -0.441. The van der Waals surface area contributed by atoms with Crippen LogP contribution in [0.1, 0.15) is 31.4 Å². The van der Waals surface area contributed by atoms with E-state index in [1.165, 1.54) is 6.07 Å². The highest BCUT2D eigenvalue weighted by molar-refractivity contribution is 5.76. The number of carbonyl (C=O) groups is 1. The fraction of sp³-hybridized carbons (Fsp3) is 0.538. The molecule has 0 spiro atoms. The normalized spacial score (nSPS) is 22.2. The van der Waals surface area contributed by atoms with Crippen molar-refractivity contribution in [1.82, 2.24) is 4.98 Å². The van der Waals surface area contributed by atoms with E-state index in [2.05, 4.69) is 10.3 Å². The third-order valence-corrected chi connectivity index (χ3v) is 3.68. The fourth-order valence-electron chi connectivity index (χ4n) is 2.52. The number of nitrogens with zero attached hydrogens (tertiary/aromatic N) is 2. The lowest BCUT2D eigenvalue weighted by molar-refractivity contribution is -0.384. The Kier molecular flexibility index (Phi) is 4.16. The Bertz CT molecular complexity index is 524. The minimum absolute atomic E-state index is 0.0207. The van der Waals surface area contributed by atoms with Gasteiger partial charge in [0.2, 0.25) is 11.7 Å². The maximum atomic E-state index is 11.1. The molecule has 7 nitrogen and oxygen atoms in total. The summed E-state index contributed by atoms with van der Waals surface area (Å²) in [4.78, 5) is 25.8. The van der Waals surface area contributed by atoms with Crippen LogP contribution in [0, 0.1) is 23.0 Å². The number of nitro groups is 1. The van der Waals surface area contributed by atoms with Gasteiger partial charge in [0.05, 0.1) is 4.92 Å². The molecule has 1 aromatic rings. The quantitative estimate of drug-likeness (QED) is 0.643. The zero-order valence-electron chi connectivity index (χ0n) is 11.3. The monoisotopic (exact) mass is 278 g/mol. The second-order valence-corrected chi connectivity index (χ2v) is 5.17. The molecule has 1 amide bonds. The molecule has 7 heteroatoms. The van der Waals surface area contributed by atoms with Crippen molar-refractivity contribution < 1.29 is 9.72 Å². The summed E-state index contributed by atoms with van der Waals surface area (Å²) in [5, 5.41) is 14.1. The SMILES string of the molecule is Cc1ccc([N+](=O)[O-])c(NC2CCC(C(N)=O)CC2)n1. The largest absolute Gasteiger partial charge is 0.369 e. The number of nitrogens with one attached hydrogen (secondary N) is 1. The molecule has 0 unspecified atom stereocenters. The van der Waals surface area contributed by atoms with Crippen molar-refractivity contribution in [3.8, 4) is 0 Å². The molecule has 3 N–H and O–H groups in total. The number of rotatable bonds is 4. The highest BCUT2D eigenvalue weighted by Gasteiger charge is 2.26. The number of aryl methyl sites for hydroxylation is 1. The Balaban J connectivity index is 2.06. The minimum Gasteiger partial charge on any atom is -0.369 e. The molecule has 1 aliphatic rings. The van der Waals surface area contributed by atoms with Gasteiger partial charge in [0.15, 0.2) is 0 Å². The van der Waals surface area contributed by atoms with E-state index < -0.39 is 4.92 Å². The van der Waals surface area contributed by atoms with Crippen molar-refractivity contribution in [3.63, 3.8) is 0 Å². The summed E-state index contributed by atoms with van der Waals surface area (Å²) < 4.78 is 0. The van der Waals surface area contributed by atoms with E-state index in [1.54, 1.807) is 13.0 Å². The molecule has 1 aliphatic carbocycles. The standard InChI is InChI=1S/C13H18N4O3/c1-8-2-7-11(17(19)20)13(15-8)16-10-5-3-9(4-6-10)12(14)18/h2,7,9-10H,3-6H2,1H3,(H2,14,18)(H,15,16). The molecule has 1 fully saturated rings. The number of primary amides is 1. The summed E-state index contributed by atoms with van der Waals surface area (Å²) in [5.74, 6) is -0.0332. The summed E-state index contributed by atoms with van der Waals surface area (Å²) in [6.45, 7) is 1.79. The van der Waals surface area contributed by atoms with Gasteiger partial charge in [-0.3, -0.25) is 14.9 Å². The van der Waals surface area contributed by atoms with Crippen LogP contribution in [0.15, 0.2) is 12.1 Å². The van der Waals surface area contributed by atoms with Crippen LogP contribution < -0.4 is 11.1 Å². The predicted molar refractivity (Wildman–Crippen MR) is 74.2 cm³/mol. The number of amides is 1. The fourth-order valence-corrected chi connectivity index (χ4v) is 2.52. The summed E-state index contributed by atoms with van der Waals surface area (Å²) in [7, 11) is 0. The van der Waals surface area contributed by atoms with E-state index in [9.17, 15) is 14.9 Å². The van der Waals surface area contributed by atoms with Crippen LogP contribution in [0.3, 0.4) is 0 Å². The number of pyridine rings is 1. The molecule has 0 bridgehead atoms. The van der Waals surface area contributed by atoms with E-state index >= 15 is 0 Å². The summed E-state index contributed by atoms with van der Waals surface area (Å²) in [6.07, 6.45) is 2.96. The van der Waals surface area contributed by atoms with Crippen LogP contribution in [-0.2, 0) is 4.79 Å². The third kappa shape index (κ3) is 3.23. The van der Waals surface area contributed by atoms with Crippen molar-refractivity contribution in [1.29, 1.82) is 0 Å². The highest BCUT2D eigenvalue weighted by atomic mass is 16.6. The van der Waals surface area contributed by atoms with Gasteiger partial charge in [-0.25, -0.2) is 4.98 Å². The van der Waals surface area contributed by atoms with Crippen molar-refractivity contribution in [2.75, 3.05) is 5.32 Å². The maximum Gasteiger partial charge on any atom is 0.311 e. The van der Waals surface area contributed by atoms with Gasteiger partial charge in [-0.05, 0) is 38.7 Å². The van der Waals surface area contributed by atoms with Gasteiger partial charge < -0.3 is 11.1 Å². The van der Waals surface area contributed by atoms with Crippen LogP contribution in [0.2, 0.25) is 0 Å². The van der Waals surface area contributed by atoms with Gasteiger partial charge in [0.1, 0.15) is 0 Å². The molecule has 2 rings (SSSR count). The molecule has 0 aliphatic heterocycles. The Morgan fingerprint density at radius 2 is 2.05 bits per heavy atom. The zero-order chi connectivity index (χ0) is 14.7. The first kappa shape index (κ1) is 14.2. The van der Waals surface area contributed by atoms with Gasteiger partial charge in [-0.15, -0.1) is 0 Å². The van der Waals surface area contributed by atoms with E-state index in [0.717, 1.165) is 18.5 Å². The predicted octanol–water partition coefficient (Wildman–Crippen LogP) is 1.75. The van der Waals surface area contributed by atoms with Crippen LogP contribution in [0.4, 0.5) is 11.5 Å². The van der Waals surface area contributed by atoms with Crippen molar-refractivity contribution >= 4 is 17.4 Å². The number of anilines is 1. The topological polar surface area (TPSA) is 111 Å². The van der Waals surface area contributed by atoms with Crippen molar-refractivity contribution in [2.24, 2.45) is 11.7 Å². The second-order valence-electron chi connectivity index (χ2n) is 5.17. The number of aromatic nitrogens is 1. The first-order chi connectivity index (χ1) is 9.47. The molecule has 108 valence electrons. The number of carbonyl (C=O) groups excluding carboxylic acids is 1. The van der Waals surface area contributed by atoms with Gasteiger partial charge in [-0.2, -0.15) is 0 Å². The Morgan fingerprint density at radius 3 is 2.60 bits per heavy atom. The van der Waals surface area contributed by atoms with E-state index in [-0.39, 0.29) is 23.6 Å². The van der Waals surface area contributed by atoms with Crippen LogP contribution in [0.5, 0.6) is 0 Å². The lowest BCUT2D eigenvalue weighted by atomic mass is 9.85.